The summed E-state index contributed by atoms with van der Waals surface area (Å²) in [5.41, 5.74) is 2.11. The Morgan fingerprint density at radius 2 is 1.83 bits per heavy atom. The van der Waals surface area contributed by atoms with E-state index in [1.807, 2.05) is 42.5 Å². The molecule has 1 N–H and O–H groups in total. The largest absolute Gasteiger partial charge is 0.486 e. The molecule has 1 heterocycles. The first-order valence-electron chi connectivity index (χ1n) is 8.19. The predicted octanol–water partition coefficient (Wildman–Crippen LogP) is 4.84. The van der Waals surface area contributed by atoms with Crippen LogP contribution in [-0.4, -0.2) is 19.3 Å². The molecule has 0 radical (unpaired) electrons. The van der Waals surface area contributed by atoms with E-state index < -0.39 is 0 Å². The summed E-state index contributed by atoms with van der Waals surface area (Å²) in [6.07, 6.45) is 2.60. The van der Waals surface area contributed by atoms with Crippen LogP contribution in [0, 0.1) is 0 Å². The standard InChI is InChI=1S/C19H21Cl2NO2/c20-17-9-15(11-22-12-16-7-4-8-23-16)10-18(21)19(17)24-13-14-5-2-1-3-6-14/h1-3,5-6,9-10,16,22H,4,7-8,11-13H2/t16-/m0/s1. The summed E-state index contributed by atoms with van der Waals surface area (Å²) in [5, 5.41) is 4.46. The Kier molecular flexibility index (Phi) is 6.38. The van der Waals surface area contributed by atoms with Gasteiger partial charge < -0.3 is 14.8 Å². The normalized spacial score (nSPS) is 17.2. The van der Waals surface area contributed by atoms with Gasteiger partial charge in [-0.15, -0.1) is 0 Å². The van der Waals surface area contributed by atoms with Gasteiger partial charge in [-0.2, -0.15) is 0 Å². The molecule has 0 saturated carbocycles. The smallest absolute Gasteiger partial charge is 0.156 e. The van der Waals surface area contributed by atoms with Gasteiger partial charge in [-0.3, -0.25) is 0 Å². The second kappa shape index (κ2) is 8.72. The van der Waals surface area contributed by atoms with Crippen molar-refractivity contribution in [3.05, 3.63) is 63.6 Å². The first-order chi connectivity index (χ1) is 11.7. The van der Waals surface area contributed by atoms with Crippen LogP contribution in [0.3, 0.4) is 0 Å². The number of halogens is 2. The van der Waals surface area contributed by atoms with Gasteiger partial charge >= 0.3 is 0 Å². The van der Waals surface area contributed by atoms with E-state index in [1.165, 1.54) is 0 Å². The Labute approximate surface area is 152 Å². The van der Waals surface area contributed by atoms with Crippen molar-refractivity contribution in [1.82, 2.24) is 5.32 Å². The van der Waals surface area contributed by atoms with Crippen molar-refractivity contribution in [3.63, 3.8) is 0 Å². The van der Waals surface area contributed by atoms with E-state index in [9.17, 15) is 0 Å². The van der Waals surface area contributed by atoms with E-state index in [-0.39, 0.29) is 0 Å². The van der Waals surface area contributed by atoms with Crippen LogP contribution in [0.1, 0.15) is 24.0 Å². The van der Waals surface area contributed by atoms with Gasteiger partial charge in [0, 0.05) is 19.7 Å². The first-order valence-corrected chi connectivity index (χ1v) is 8.95. The molecule has 0 unspecified atom stereocenters. The van der Waals surface area contributed by atoms with E-state index in [1.54, 1.807) is 0 Å². The molecule has 1 fully saturated rings. The summed E-state index contributed by atoms with van der Waals surface area (Å²) >= 11 is 12.7. The Morgan fingerprint density at radius 3 is 2.50 bits per heavy atom. The molecule has 3 rings (SSSR count). The fourth-order valence-corrected chi connectivity index (χ4v) is 3.41. The average molecular weight is 366 g/mol. The highest BCUT2D eigenvalue weighted by molar-refractivity contribution is 6.37. The number of hydrogen-bond donors (Lipinski definition) is 1. The molecular formula is C19H21Cl2NO2. The predicted molar refractivity (Wildman–Crippen MR) is 97.9 cm³/mol. The van der Waals surface area contributed by atoms with E-state index in [0.29, 0.717) is 35.1 Å². The lowest BCUT2D eigenvalue weighted by atomic mass is 10.2. The minimum Gasteiger partial charge on any atom is -0.486 e. The molecule has 128 valence electrons. The monoisotopic (exact) mass is 365 g/mol. The number of benzene rings is 2. The Bertz CT molecular complexity index is 635. The maximum absolute atomic E-state index is 6.35. The highest BCUT2D eigenvalue weighted by Gasteiger charge is 2.15. The lowest BCUT2D eigenvalue weighted by Crippen LogP contribution is -2.25. The minimum atomic E-state index is 0.324. The molecule has 2 aromatic rings. The highest BCUT2D eigenvalue weighted by Crippen LogP contribution is 2.34. The highest BCUT2D eigenvalue weighted by atomic mass is 35.5. The van der Waals surface area contributed by atoms with Crippen molar-refractivity contribution in [1.29, 1.82) is 0 Å². The van der Waals surface area contributed by atoms with E-state index in [2.05, 4.69) is 5.32 Å². The molecule has 3 nitrogen and oxygen atoms in total. The average Bonchev–Trinajstić information content (AvgIpc) is 3.08. The van der Waals surface area contributed by atoms with Crippen molar-refractivity contribution in [2.75, 3.05) is 13.2 Å². The summed E-state index contributed by atoms with van der Waals surface area (Å²) < 4.78 is 11.4. The summed E-state index contributed by atoms with van der Waals surface area (Å²) in [5.74, 6) is 0.532. The quantitative estimate of drug-likeness (QED) is 0.761. The molecule has 1 saturated heterocycles. The first kappa shape index (κ1) is 17.6. The van der Waals surface area contributed by atoms with Crippen LogP contribution in [0.15, 0.2) is 42.5 Å². The summed E-state index contributed by atoms with van der Waals surface area (Å²) in [6.45, 7) is 2.87. The van der Waals surface area contributed by atoms with Gasteiger partial charge in [0.2, 0.25) is 0 Å². The number of ether oxygens (including phenoxy) is 2. The van der Waals surface area contributed by atoms with Crippen LogP contribution >= 0.6 is 23.2 Å². The number of nitrogens with one attached hydrogen (secondary N) is 1. The molecule has 0 bridgehead atoms. The Hall–Kier alpha value is -1.26. The minimum absolute atomic E-state index is 0.324. The zero-order valence-electron chi connectivity index (χ0n) is 13.4. The van der Waals surface area contributed by atoms with Gasteiger partial charge in [0.1, 0.15) is 6.61 Å². The third-order valence-corrected chi connectivity index (χ3v) is 4.57. The zero-order valence-corrected chi connectivity index (χ0v) is 14.9. The lowest BCUT2D eigenvalue weighted by Gasteiger charge is -2.14. The topological polar surface area (TPSA) is 30.5 Å². The molecule has 1 aliphatic rings. The molecule has 5 heteroatoms. The van der Waals surface area contributed by atoms with Gasteiger partial charge in [-0.05, 0) is 36.1 Å². The van der Waals surface area contributed by atoms with Gasteiger partial charge in [-0.25, -0.2) is 0 Å². The third kappa shape index (κ3) is 4.87. The van der Waals surface area contributed by atoms with E-state index in [0.717, 1.165) is 37.1 Å². The van der Waals surface area contributed by atoms with Gasteiger partial charge in [0.05, 0.1) is 16.1 Å². The van der Waals surface area contributed by atoms with E-state index >= 15 is 0 Å². The van der Waals surface area contributed by atoms with Crippen molar-refractivity contribution in [2.24, 2.45) is 0 Å². The Balaban J connectivity index is 1.56. The fraction of sp³-hybridized carbons (Fsp3) is 0.368. The molecule has 0 aliphatic carbocycles. The van der Waals surface area contributed by atoms with Crippen LogP contribution in [0.2, 0.25) is 10.0 Å². The van der Waals surface area contributed by atoms with Crippen molar-refractivity contribution >= 4 is 23.2 Å². The summed E-state index contributed by atoms with van der Waals surface area (Å²) in [7, 11) is 0. The molecule has 1 atom stereocenters. The molecule has 2 aromatic carbocycles. The SMILES string of the molecule is Clc1cc(CNC[C@@H]2CCCO2)cc(Cl)c1OCc1ccccc1. The van der Waals surface area contributed by atoms with Gasteiger partial charge in [-0.1, -0.05) is 53.5 Å². The molecule has 0 spiro atoms. The second-order valence-corrected chi connectivity index (χ2v) is 6.74. The van der Waals surface area contributed by atoms with Crippen LogP contribution < -0.4 is 10.1 Å². The Morgan fingerprint density at radius 1 is 1.08 bits per heavy atom. The van der Waals surface area contributed by atoms with Gasteiger partial charge in [0.15, 0.2) is 5.75 Å². The number of hydrogen-bond acceptors (Lipinski definition) is 3. The fourth-order valence-electron chi connectivity index (χ4n) is 2.76. The summed E-state index contributed by atoms with van der Waals surface area (Å²) in [6, 6.07) is 13.7. The molecule has 0 amide bonds. The van der Waals surface area contributed by atoms with Crippen molar-refractivity contribution in [3.8, 4) is 5.75 Å². The third-order valence-electron chi connectivity index (χ3n) is 4.01. The summed E-state index contributed by atoms with van der Waals surface area (Å²) in [4.78, 5) is 0. The maximum atomic E-state index is 6.35. The zero-order chi connectivity index (χ0) is 16.8. The van der Waals surface area contributed by atoms with Crippen LogP contribution in [0.4, 0.5) is 0 Å². The second-order valence-electron chi connectivity index (χ2n) is 5.93. The molecular weight excluding hydrogens is 345 g/mol. The van der Waals surface area contributed by atoms with Crippen molar-refractivity contribution < 1.29 is 9.47 Å². The van der Waals surface area contributed by atoms with Crippen LogP contribution in [-0.2, 0) is 17.9 Å². The maximum Gasteiger partial charge on any atom is 0.156 e. The molecule has 0 aromatic heterocycles. The lowest BCUT2D eigenvalue weighted by molar-refractivity contribution is 0.110. The molecule has 1 aliphatic heterocycles. The number of rotatable bonds is 7. The van der Waals surface area contributed by atoms with Gasteiger partial charge in [0.25, 0.3) is 0 Å². The van der Waals surface area contributed by atoms with E-state index in [4.69, 9.17) is 32.7 Å². The van der Waals surface area contributed by atoms with Crippen LogP contribution in [0.5, 0.6) is 5.75 Å². The molecule has 24 heavy (non-hydrogen) atoms. The van der Waals surface area contributed by atoms with Crippen LogP contribution in [0.25, 0.3) is 0 Å². The van der Waals surface area contributed by atoms with Crippen molar-refractivity contribution in [2.45, 2.75) is 32.1 Å².